The first-order chi connectivity index (χ1) is 9.21. The first kappa shape index (κ1) is 16.0. The summed E-state index contributed by atoms with van der Waals surface area (Å²) in [5.41, 5.74) is 1.18. The van der Waals surface area contributed by atoms with E-state index in [0.717, 1.165) is 29.9 Å². The first-order valence-electron chi connectivity index (χ1n) is 6.12. The van der Waals surface area contributed by atoms with Gasteiger partial charge in [-0.15, -0.1) is 0 Å². The molecule has 0 saturated heterocycles. The molecule has 0 fully saturated rings. The molecule has 0 unspecified atom stereocenters. The summed E-state index contributed by atoms with van der Waals surface area (Å²) >= 11 is 3.48. The third kappa shape index (κ3) is 5.60. The summed E-state index contributed by atoms with van der Waals surface area (Å²) in [5.74, 6) is 0.823. The topological polar surface area (TPSA) is 45.5 Å². The molecule has 104 valence electrons. The standard InChI is InChI=1S/C14H19BrN2O2/c1-18-9-8-17(7-3-6-16)11-12-4-5-14(19-2)13(15)10-12/h4-5,10H,3,7-9,11H2,1-2H3. The highest BCUT2D eigenvalue weighted by Gasteiger charge is 2.07. The molecule has 1 aromatic carbocycles. The molecule has 0 radical (unpaired) electrons. The van der Waals surface area contributed by atoms with Gasteiger partial charge < -0.3 is 9.47 Å². The van der Waals surface area contributed by atoms with Crippen LogP contribution in [0.3, 0.4) is 0 Å². The van der Waals surface area contributed by atoms with Gasteiger partial charge in [0.1, 0.15) is 5.75 Å². The van der Waals surface area contributed by atoms with Crippen LogP contribution in [0.25, 0.3) is 0 Å². The van der Waals surface area contributed by atoms with Crippen molar-refractivity contribution in [3.05, 3.63) is 28.2 Å². The molecule has 1 aromatic rings. The Morgan fingerprint density at radius 1 is 1.32 bits per heavy atom. The van der Waals surface area contributed by atoms with Crippen LogP contribution < -0.4 is 4.74 Å². The molecule has 0 N–H and O–H groups in total. The fraction of sp³-hybridized carbons (Fsp3) is 0.500. The van der Waals surface area contributed by atoms with E-state index < -0.39 is 0 Å². The zero-order valence-electron chi connectivity index (χ0n) is 11.4. The minimum absolute atomic E-state index is 0.529. The molecule has 0 aliphatic carbocycles. The Labute approximate surface area is 123 Å². The second-order valence-corrected chi connectivity index (χ2v) is 5.00. The van der Waals surface area contributed by atoms with Crippen LogP contribution in [-0.2, 0) is 11.3 Å². The number of hydrogen-bond donors (Lipinski definition) is 0. The van der Waals surface area contributed by atoms with E-state index in [9.17, 15) is 0 Å². The molecular formula is C14H19BrN2O2. The van der Waals surface area contributed by atoms with E-state index in [-0.39, 0.29) is 0 Å². The summed E-state index contributed by atoms with van der Waals surface area (Å²) in [4.78, 5) is 2.21. The second-order valence-electron chi connectivity index (χ2n) is 4.15. The Balaban J connectivity index is 2.66. The predicted molar refractivity (Wildman–Crippen MR) is 78.1 cm³/mol. The van der Waals surface area contributed by atoms with Crippen molar-refractivity contribution in [1.82, 2.24) is 4.90 Å². The first-order valence-corrected chi connectivity index (χ1v) is 6.91. The number of hydrogen-bond acceptors (Lipinski definition) is 4. The smallest absolute Gasteiger partial charge is 0.133 e. The van der Waals surface area contributed by atoms with Crippen molar-refractivity contribution in [3.63, 3.8) is 0 Å². The number of benzene rings is 1. The van der Waals surface area contributed by atoms with Crippen LogP contribution in [0.5, 0.6) is 5.75 Å². The molecule has 0 spiro atoms. The second kappa shape index (κ2) is 8.92. The Morgan fingerprint density at radius 2 is 2.11 bits per heavy atom. The van der Waals surface area contributed by atoms with E-state index in [2.05, 4.69) is 26.9 Å². The van der Waals surface area contributed by atoms with Gasteiger partial charge >= 0.3 is 0 Å². The molecule has 0 aliphatic rings. The lowest BCUT2D eigenvalue weighted by Gasteiger charge is -2.21. The average Bonchev–Trinajstić information content (AvgIpc) is 2.42. The van der Waals surface area contributed by atoms with E-state index in [4.69, 9.17) is 14.7 Å². The SMILES string of the molecule is COCCN(CCC#N)Cc1ccc(OC)c(Br)c1. The minimum atomic E-state index is 0.529. The predicted octanol–water partition coefficient (Wildman–Crippen LogP) is 2.82. The fourth-order valence-corrected chi connectivity index (χ4v) is 2.35. The van der Waals surface area contributed by atoms with Crippen molar-refractivity contribution >= 4 is 15.9 Å². The highest BCUT2D eigenvalue weighted by molar-refractivity contribution is 9.10. The molecule has 0 saturated carbocycles. The third-order valence-electron chi connectivity index (χ3n) is 2.77. The van der Waals surface area contributed by atoms with Gasteiger partial charge in [-0.25, -0.2) is 0 Å². The van der Waals surface area contributed by atoms with Crippen LogP contribution in [0, 0.1) is 11.3 Å². The van der Waals surface area contributed by atoms with E-state index in [1.807, 2.05) is 18.2 Å². The van der Waals surface area contributed by atoms with Crippen molar-refractivity contribution in [3.8, 4) is 11.8 Å². The lowest BCUT2D eigenvalue weighted by atomic mass is 10.2. The summed E-state index contributed by atoms with van der Waals surface area (Å²) in [7, 11) is 3.34. The highest BCUT2D eigenvalue weighted by atomic mass is 79.9. The summed E-state index contributed by atoms with van der Waals surface area (Å²) in [5, 5.41) is 8.69. The van der Waals surface area contributed by atoms with Crippen LogP contribution >= 0.6 is 15.9 Å². The molecule has 4 nitrogen and oxygen atoms in total. The van der Waals surface area contributed by atoms with Crippen LogP contribution in [0.15, 0.2) is 22.7 Å². The van der Waals surface area contributed by atoms with Gasteiger partial charge in [-0.05, 0) is 33.6 Å². The molecule has 0 aromatic heterocycles. The van der Waals surface area contributed by atoms with E-state index in [0.29, 0.717) is 13.0 Å². The normalized spacial score (nSPS) is 10.5. The molecule has 1 rings (SSSR count). The number of rotatable bonds is 8. The van der Waals surface area contributed by atoms with Crippen molar-refractivity contribution in [2.75, 3.05) is 33.9 Å². The molecule has 0 heterocycles. The lowest BCUT2D eigenvalue weighted by Crippen LogP contribution is -2.28. The molecule has 0 bridgehead atoms. The van der Waals surface area contributed by atoms with Gasteiger partial charge in [-0.1, -0.05) is 6.07 Å². The highest BCUT2D eigenvalue weighted by Crippen LogP contribution is 2.26. The number of methoxy groups -OCH3 is 2. The maximum atomic E-state index is 8.69. The Bertz CT molecular complexity index is 432. The summed E-state index contributed by atoms with van der Waals surface area (Å²) < 4.78 is 11.3. The fourth-order valence-electron chi connectivity index (χ4n) is 1.76. The van der Waals surface area contributed by atoms with Gasteiger partial charge in [-0.3, -0.25) is 4.90 Å². The minimum Gasteiger partial charge on any atom is -0.496 e. The molecule has 0 aliphatic heterocycles. The van der Waals surface area contributed by atoms with E-state index in [1.165, 1.54) is 5.56 Å². The van der Waals surface area contributed by atoms with Gasteiger partial charge in [0.05, 0.1) is 24.3 Å². The van der Waals surface area contributed by atoms with Crippen molar-refractivity contribution in [2.24, 2.45) is 0 Å². The number of nitriles is 1. The Hall–Kier alpha value is -1.09. The quantitative estimate of drug-likeness (QED) is 0.737. The third-order valence-corrected chi connectivity index (χ3v) is 3.39. The Kier molecular flexibility index (Phi) is 7.49. The van der Waals surface area contributed by atoms with E-state index >= 15 is 0 Å². The summed E-state index contributed by atoms with van der Waals surface area (Å²) in [6, 6.07) is 8.21. The molecule has 19 heavy (non-hydrogen) atoms. The molecular weight excluding hydrogens is 308 g/mol. The maximum absolute atomic E-state index is 8.69. The van der Waals surface area contributed by atoms with Crippen LogP contribution in [0.4, 0.5) is 0 Å². The van der Waals surface area contributed by atoms with Gasteiger partial charge in [0.2, 0.25) is 0 Å². The van der Waals surface area contributed by atoms with Gasteiger partial charge in [-0.2, -0.15) is 5.26 Å². The number of halogens is 1. The number of nitrogens with zero attached hydrogens (tertiary/aromatic N) is 2. The van der Waals surface area contributed by atoms with Crippen molar-refractivity contribution < 1.29 is 9.47 Å². The zero-order chi connectivity index (χ0) is 14.1. The van der Waals surface area contributed by atoms with Crippen molar-refractivity contribution in [2.45, 2.75) is 13.0 Å². The Morgan fingerprint density at radius 3 is 2.68 bits per heavy atom. The zero-order valence-corrected chi connectivity index (χ0v) is 12.9. The monoisotopic (exact) mass is 326 g/mol. The van der Waals surface area contributed by atoms with Crippen LogP contribution in [0.2, 0.25) is 0 Å². The largest absolute Gasteiger partial charge is 0.496 e. The number of ether oxygens (including phenoxy) is 2. The van der Waals surface area contributed by atoms with Crippen LogP contribution in [0.1, 0.15) is 12.0 Å². The summed E-state index contributed by atoms with van der Waals surface area (Å²) in [6.45, 7) is 3.04. The van der Waals surface area contributed by atoms with Crippen molar-refractivity contribution in [1.29, 1.82) is 5.26 Å². The van der Waals surface area contributed by atoms with Crippen LogP contribution in [-0.4, -0.2) is 38.8 Å². The molecule has 5 heteroatoms. The van der Waals surface area contributed by atoms with Gasteiger partial charge in [0, 0.05) is 33.2 Å². The van der Waals surface area contributed by atoms with Gasteiger partial charge in [0.25, 0.3) is 0 Å². The maximum Gasteiger partial charge on any atom is 0.133 e. The van der Waals surface area contributed by atoms with Gasteiger partial charge in [0.15, 0.2) is 0 Å². The average molecular weight is 327 g/mol. The van der Waals surface area contributed by atoms with E-state index in [1.54, 1.807) is 14.2 Å². The summed E-state index contributed by atoms with van der Waals surface area (Å²) in [6.07, 6.45) is 0.529. The lowest BCUT2D eigenvalue weighted by molar-refractivity contribution is 0.145. The molecule has 0 amide bonds. The molecule has 0 atom stereocenters.